The van der Waals surface area contributed by atoms with Crippen molar-refractivity contribution in [1.29, 1.82) is 0 Å². The summed E-state index contributed by atoms with van der Waals surface area (Å²) in [5, 5.41) is 5.12. The van der Waals surface area contributed by atoms with Crippen LogP contribution in [0.15, 0.2) is 29.0 Å². The molecule has 1 fully saturated rings. The fraction of sp³-hybridized carbons (Fsp3) is 0.478. The number of sulfone groups is 1. The number of carbonyl (C=O) groups is 2. The highest BCUT2D eigenvalue weighted by atomic mass is 32.2. The Morgan fingerprint density at radius 1 is 1.28 bits per heavy atom. The van der Waals surface area contributed by atoms with E-state index in [-0.39, 0.29) is 11.8 Å². The van der Waals surface area contributed by atoms with Crippen molar-refractivity contribution < 1.29 is 18.0 Å². The number of H-pyrrole nitrogens is 1. The Balaban J connectivity index is 1.86. The molecule has 1 atom stereocenters. The van der Waals surface area contributed by atoms with Crippen LogP contribution in [0.1, 0.15) is 47.6 Å². The van der Waals surface area contributed by atoms with Crippen LogP contribution in [0.25, 0.3) is 6.08 Å². The minimum Gasteiger partial charge on any atom is -0.358 e. The molecule has 3 N–H and O–H groups in total. The summed E-state index contributed by atoms with van der Waals surface area (Å²) >= 11 is 0. The van der Waals surface area contributed by atoms with Crippen LogP contribution in [0.3, 0.4) is 0 Å². The van der Waals surface area contributed by atoms with Gasteiger partial charge in [-0.25, -0.2) is 8.42 Å². The Kier molecular flexibility index (Phi) is 7.09. The number of fused-ring (bicyclic) bond motifs is 1. The van der Waals surface area contributed by atoms with Gasteiger partial charge in [0.15, 0.2) is 9.84 Å². The smallest absolute Gasteiger partial charge is 0.256 e. The average Bonchev–Trinajstić information content (AvgIpc) is 3.19. The van der Waals surface area contributed by atoms with Crippen LogP contribution in [0.2, 0.25) is 0 Å². The van der Waals surface area contributed by atoms with Gasteiger partial charge in [0.2, 0.25) is 0 Å². The molecule has 0 bridgehead atoms. The molecule has 1 aromatic rings. The minimum absolute atomic E-state index is 0.154. The van der Waals surface area contributed by atoms with E-state index in [4.69, 9.17) is 0 Å². The van der Waals surface area contributed by atoms with Gasteiger partial charge in [-0.2, -0.15) is 0 Å². The molecule has 8 nitrogen and oxygen atoms in total. The largest absolute Gasteiger partial charge is 0.358 e. The molecule has 32 heavy (non-hydrogen) atoms. The molecule has 2 amide bonds. The first kappa shape index (κ1) is 24.0. The Labute approximate surface area is 189 Å². The van der Waals surface area contributed by atoms with Crippen molar-refractivity contribution in [2.75, 3.05) is 32.4 Å². The van der Waals surface area contributed by atoms with Crippen LogP contribution in [0, 0.1) is 13.8 Å². The van der Waals surface area contributed by atoms with Gasteiger partial charge in [0.05, 0.1) is 16.4 Å². The molecule has 0 radical (unpaired) electrons. The molecular weight excluding hydrogens is 428 g/mol. The summed E-state index contributed by atoms with van der Waals surface area (Å²) in [7, 11) is -3.27. The summed E-state index contributed by atoms with van der Waals surface area (Å²) in [5.74, 6) is -0.438. The molecular formula is C23H32N4O4S. The Morgan fingerprint density at radius 2 is 1.97 bits per heavy atom. The second-order valence-electron chi connectivity index (χ2n) is 8.26. The fourth-order valence-corrected chi connectivity index (χ4v) is 4.98. The normalized spacial score (nSPS) is 19.6. The molecule has 0 saturated carbocycles. The molecule has 0 spiro atoms. The third kappa shape index (κ3) is 4.88. The molecule has 174 valence electrons. The lowest BCUT2D eigenvalue weighted by Gasteiger charge is -2.18. The lowest BCUT2D eigenvalue weighted by molar-refractivity contribution is -0.115. The number of amides is 2. The molecule has 2 aliphatic rings. The van der Waals surface area contributed by atoms with E-state index in [0.29, 0.717) is 41.1 Å². The number of rotatable bonds is 8. The first-order valence-electron chi connectivity index (χ1n) is 10.9. The summed E-state index contributed by atoms with van der Waals surface area (Å²) < 4.78 is 24.0. The molecule has 1 aromatic heterocycles. The molecule has 1 unspecified atom stereocenters. The molecule has 9 heteroatoms. The number of hydrogen-bond acceptors (Lipinski definition) is 5. The van der Waals surface area contributed by atoms with E-state index in [1.807, 2.05) is 13.8 Å². The fourth-order valence-electron chi connectivity index (χ4n) is 4.15. The third-order valence-electron chi connectivity index (χ3n) is 6.13. The van der Waals surface area contributed by atoms with Crippen molar-refractivity contribution in [2.24, 2.45) is 0 Å². The van der Waals surface area contributed by atoms with Crippen molar-refractivity contribution in [3.63, 3.8) is 0 Å². The van der Waals surface area contributed by atoms with Crippen LogP contribution < -0.4 is 10.6 Å². The van der Waals surface area contributed by atoms with Crippen molar-refractivity contribution in [3.05, 3.63) is 51.5 Å². The van der Waals surface area contributed by atoms with Gasteiger partial charge in [-0.05, 0) is 45.0 Å². The minimum atomic E-state index is -3.27. The maximum atomic E-state index is 12.8. The van der Waals surface area contributed by atoms with Crippen LogP contribution in [-0.2, 0) is 14.6 Å². The number of carbonyl (C=O) groups excluding carboxylic acids is 2. The number of nitrogens with zero attached hydrogens (tertiary/aromatic N) is 1. The number of likely N-dealkylation sites (N-methyl/N-ethyl adjacent to an activating group) is 1. The van der Waals surface area contributed by atoms with E-state index in [1.165, 1.54) is 6.26 Å². The highest BCUT2D eigenvalue weighted by Gasteiger charge is 2.33. The van der Waals surface area contributed by atoms with Crippen molar-refractivity contribution in [1.82, 2.24) is 20.5 Å². The number of aromatic amines is 1. The summed E-state index contributed by atoms with van der Waals surface area (Å²) in [6.07, 6.45) is 6.62. The maximum absolute atomic E-state index is 12.8. The summed E-state index contributed by atoms with van der Waals surface area (Å²) in [5.41, 5.74) is 4.31. The third-order valence-corrected chi connectivity index (χ3v) is 7.56. The predicted molar refractivity (Wildman–Crippen MR) is 126 cm³/mol. The van der Waals surface area contributed by atoms with Gasteiger partial charge in [-0.1, -0.05) is 26.0 Å². The average molecular weight is 461 g/mol. The van der Waals surface area contributed by atoms with Gasteiger partial charge in [0.25, 0.3) is 11.8 Å². The van der Waals surface area contributed by atoms with E-state index in [9.17, 15) is 18.0 Å². The van der Waals surface area contributed by atoms with Gasteiger partial charge in [0, 0.05) is 42.0 Å². The second kappa shape index (κ2) is 9.46. The standard InChI is InChI=1S/C23H32N4O4S/c1-6-27(7-2)11-10-24-23(29)21-14(3)20(25-15(21)4)13-18-17-12-16(32(5,30)31)8-9-19(17)26-22(18)28/h9,12-13,16,25H,6-8,10-11H2,1-5H3,(H,24,29)(H,26,28). The molecule has 1 saturated heterocycles. The maximum Gasteiger partial charge on any atom is 0.256 e. The SMILES string of the molecule is CCN(CC)CCNC(=O)c1c(C)[nH]c(C=C2C(=O)NC3=CCC(S(C)(=O)=O)C=C32)c1C. The number of hydrogen-bond donors (Lipinski definition) is 3. The highest BCUT2D eigenvalue weighted by Crippen LogP contribution is 2.33. The summed E-state index contributed by atoms with van der Waals surface area (Å²) in [6.45, 7) is 11.0. The van der Waals surface area contributed by atoms with E-state index in [2.05, 4.69) is 34.4 Å². The zero-order chi connectivity index (χ0) is 23.6. The first-order chi connectivity index (χ1) is 15.1. The van der Waals surface area contributed by atoms with Crippen molar-refractivity contribution in [2.45, 2.75) is 39.4 Å². The van der Waals surface area contributed by atoms with E-state index in [1.54, 1.807) is 18.2 Å². The number of allylic oxidation sites excluding steroid dienone is 2. The lowest BCUT2D eigenvalue weighted by atomic mass is 9.98. The van der Waals surface area contributed by atoms with Crippen molar-refractivity contribution >= 4 is 27.7 Å². The number of aryl methyl sites for hydroxylation is 1. The Morgan fingerprint density at radius 3 is 2.59 bits per heavy atom. The lowest BCUT2D eigenvalue weighted by Crippen LogP contribution is -2.35. The van der Waals surface area contributed by atoms with Gasteiger partial charge in [0.1, 0.15) is 0 Å². The monoisotopic (exact) mass is 460 g/mol. The first-order valence-corrected chi connectivity index (χ1v) is 12.9. The summed E-state index contributed by atoms with van der Waals surface area (Å²) in [4.78, 5) is 30.8. The summed E-state index contributed by atoms with van der Waals surface area (Å²) in [6, 6.07) is 0. The van der Waals surface area contributed by atoms with Crippen LogP contribution in [0.5, 0.6) is 0 Å². The van der Waals surface area contributed by atoms with E-state index in [0.717, 1.165) is 30.9 Å². The Bertz CT molecular complexity index is 1120. The van der Waals surface area contributed by atoms with Gasteiger partial charge >= 0.3 is 0 Å². The molecule has 0 aromatic carbocycles. The number of aromatic nitrogens is 1. The van der Waals surface area contributed by atoms with Crippen LogP contribution in [-0.4, -0.2) is 67.8 Å². The van der Waals surface area contributed by atoms with Crippen molar-refractivity contribution in [3.8, 4) is 0 Å². The number of nitrogens with one attached hydrogen (secondary N) is 3. The topological polar surface area (TPSA) is 111 Å². The van der Waals surface area contributed by atoms with E-state index < -0.39 is 15.1 Å². The molecule has 1 aliphatic heterocycles. The van der Waals surface area contributed by atoms with Crippen LogP contribution in [0.4, 0.5) is 0 Å². The zero-order valence-corrected chi connectivity index (χ0v) is 20.1. The second-order valence-corrected chi connectivity index (χ2v) is 10.5. The van der Waals surface area contributed by atoms with Gasteiger partial charge < -0.3 is 20.5 Å². The quantitative estimate of drug-likeness (QED) is 0.513. The predicted octanol–water partition coefficient (Wildman–Crippen LogP) is 1.84. The molecule has 3 rings (SSSR count). The van der Waals surface area contributed by atoms with Crippen LogP contribution >= 0.6 is 0 Å². The van der Waals surface area contributed by atoms with Gasteiger partial charge in [-0.15, -0.1) is 0 Å². The zero-order valence-electron chi connectivity index (χ0n) is 19.3. The van der Waals surface area contributed by atoms with E-state index >= 15 is 0 Å². The molecule has 1 aliphatic carbocycles. The Hall–Kier alpha value is -2.65. The highest BCUT2D eigenvalue weighted by molar-refractivity contribution is 7.91. The van der Waals surface area contributed by atoms with Gasteiger partial charge in [-0.3, -0.25) is 9.59 Å². The molecule has 2 heterocycles.